The van der Waals surface area contributed by atoms with Crippen molar-refractivity contribution in [3.63, 3.8) is 0 Å². The summed E-state index contributed by atoms with van der Waals surface area (Å²) in [5.74, 6) is 4.11. The topological polar surface area (TPSA) is 69.6 Å². The largest absolute Gasteiger partial charge is 0.508 e. The molecule has 1 unspecified atom stereocenters. The zero-order chi connectivity index (χ0) is 17.8. The third-order valence-electron chi connectivity index (χ3n) is 7.41. The van der Waals surface area contributed by atoms with Crippen molar-refractivity contribution < 1.29 is 15.0 Å². The summed E-state index contributed by atoms with van der Waals surface area (Å²) in [5.41, 5.74) is 1.82. The van der Waals surface area contributed by atoms with Gasteiger partial charge in [0.15, 0.2) is 0 Å². The van der Waals surface area contributed by atoms with E-state index in [1.54, 1.807) is 6.07 Å². The molecule has 0 radical (unpaired) electrons. The molecule has 0 saturated heterocycles. The number of nitrogens with one attached hydrogen (secondary N) is 1. The Morgan fingerprint density at radius 2 is 2.12 bits per heavy atom. The van der Waals surface area contributed by atoms with Crippen molar-refractivity contribution in [3.8, 4) is 18.1 Å². The number of anilines is 1. The van der Waals surface area contributed by atoms with Gasteiger partial charge in [-0.1, -0.05) is 12.8 Å². The highest BCUT2D eigenvalue weighted by atomic mass is 16.3. The van der Waals surface area contributed by atoms with Crippen molar-refractivity contribution >= 4 is 12.1 Å². The standard InChI is InChI=1S/C21H25NO3/c1-3-21(25)9-7-17-15-5-4-13-10-14(24)11-18(22-12-23)19(13)16(15)6-8-20(17,21)2/h1,10-12,15-17,24-25H,4-9H2,2H3,(H,22,23)/t15-,16+,17+,20?,21+/m1/s1. The minimum atomic E-state index is -0.998. The average Bonchev–Trinajstić information content (AvgIpc) is 2.86. The van der Waals surface area contributed by atoms with Gasteiger partial charge < -0.3 is 15.5 Å². The number of terminal acetylenes is 1. The van der Waals surface area contributed by atoms with Crippen molar-refractivity contribution in [1.29, 1.82) is 0 Å². The summed E-state index contributed by atoms with van der Waals surface area (Å²) in [6.07, 6.45) is 11.8. The maximum Gasteiger partial charge on any atom is 0.211 e. The van der Waals surface area contributed by atoms with Gasteiger partial charge >= 0.3 is 0 Å². The molecule has 0 spiro atoms. The van der Waals surface area contributed by atoms with Gasteiger partial charge in [0.25, 0.3) is 0 Å². The zero-order valence-corrected chi connectivity index (χ0v) is 14.6. The Kier molecular flexibility index (Phi) is 3.63. The SMILES string of the molecule is C#C[C@]1(O)CC[C@H]2[C@@H]3CCc4cc(O)cc(NC=O)c4[C@H]3CCC21C. The monoisotopic (exact) mass is 339 g/mol. The third-order valence-corrected chi connectivity index (χ3v) is 7.41. The van der Waals surface area contributed by atoms with Gasteiger partial charge in [0.1, 0.15) is 11.4 Å². The van der Waals surface area contributed by atoms with E-state index in [0.29, 0.717) is 30.6 Å². The number of carbonyl (C=O) groups excluding carboxylic acids is 1. The first-order valence-electron chi connectivity index (χ1n) is 9.19. The summed E-state index contributed by atoms with van der Waals surface area (Å²) >= 11 is 0. The van der Waals surface area contributed by atoms with E-state index in [1.165, 1.54) is 5.56 Å². The van der Waals surface area contributed by atoms with Crippen LogP contribution < -0.4 is 5.32 Å². The van der Waals surface area contributed by atoms with Crippen LogP contribution >= 0.6 is 0 Å². The second-order valence-electron chi connectivity index (χ2n) is 8.24. The van der Waals surface area contributed by atoms with Crippen LogP contribution in [0.25, 0.3) is 0 Å². The Balaban J connectivity index is 1.76. The summed E-state index contributed by atoms with van der Waals surface area (Å²) in [6, 6.07) is 3.48. The molecular formula is C21H25NO3. The van der Waals surface area contributed by atoms with Gasteiger partial charge in [-0.3, -0.25) is 4.79 Å². The number of aromatic hydroxyl groups is 1. The number of hydrogen-bond acceptors (Lipinski definition) is 3. The molecule has 3 aliphatic rings. The van der Waals surface area contributed by atoms with Gasteiger partial charge in [-0.15, -0.1) is 6.42 Å². The fourth-order valence-corrected chi connectivity index (χ4v) is 6.15. The Labute approximate surface area is 148 Å². The van der Waals surface area contributed by atoms with E-state index in [9.17, 15) is 15.0 Å². The van der Waals surface area contributed by atoms with Crippen LogP contribution in [0.5, 0.6) is 5.75 Å². The molecule has 4 nitrogen and oxygen atoms in total. The Morgan fingerprint density at radius 3 is 2.84 bits per heavy atom. The van der Waals surface area contributed by atoms with Crippen LogP contribution in [0.3, 0.4) is 0 Å². The minimum Gasteiger partial charge on any atom is -0.508 e. The number of phenolic OH excluding ortho intramolecular Hbond substituents is 1. The lowest BCUT2D eigenvalue weighted by molar-refractivity contribution is -0.105. The number of carbonyl (C=O) groups is 1. The number of aryl methyl sites for hydroxylation is 1. The molecule has 3 aliphatic carbocycles. The number of phenols is 1. The van der Waals surface area contributed by atoms with Crippen molar-refractivity contribution in [2.45, 2.75) is 57.0 Å². The van der Waals surface area contributed by atoms with Crippen LogP contribution in [0.2, 0.25) is 0 Å². The van der Waals surface area contributed by atoms with E-state index < -0.39 is 5.60 Å². The molecule has 1 aromatic carbocycles. The predicted octanol–water partition coefficient (Wildman–Crippen LogP) is 3.18. The molecule has 1 aromatic rings. The molecule has 2 fully saturated rings. The van der Waals surface area contributed by atoms with Gasteiger partial charge in [0.05, 0.1) is 0 Å². The molecule has 0 aliphatic heterocycles. The lowest BCUT2D eigenvalue weighted by atomic mass is 9.53. The van der Waals surface area contributed by atoms with Crippen molar-refractivity contribution in [3.05, 3.63) is 23.3 Å². The fraction of sp³-hybridized carbons (Fsp3) is 0.571. The van der Waals surface area contributed by atoms with Crippen molar-refractivity contribution in [2.24, 2.45) is 17.3 Å². The number of fused-ring (bicyclic) bond motifs is 5. The molecule has 1 amide bonds. The summed E-state index contributed by atoms with van der Waals surface area (Å²) < 4.78 is 0. The van der Waals surface area contributed by atoms with E-state index >= 15 is 0 Å². The summed E-state index contributed by atoms with van der Waals surface area (Å²) in [5, 5.41) is 23.7. The van der Waals surface area contributed by atoms with E-state index in [1.807, 2.05) is 6.07 Å². The van der Waals surface area contributed by atoms with Gasteiger partial charge in [-0.2, -0.15) is 0 Å². The molecule has 2 saturated carbocycles. The first kappa shape index (κ1) is 16.5. The summed E-state index contributed by atoms with van der Waals surface area (Å²) in [7, 11) is 0. The smallest absolute Gasteiger partial charge is 0.211 e. The molecule has 0 aromatic heterocycles. The van der Waals surface area contributed by atoms with Crippen molar-refractivity contribution in [1.82, 2.24) is 0 Å². The van der Waals surface area contributed by atoms with Crippen LogP contribution in [0.15, 0.2) is 12.1 Å². The zero-order valence-electron chi connectivity index (χ0n) is 14.6. The molecule has 132 valence electrons. The molecule has 4 heteroatoms. The Morgan fingerprint density at radius 1 is 1.32 bits per heavy atom. The highest BCUT2D eigenvalue weighted by Gasteiger charge is 2.61. The third kappa shape index (κ3) is 2.15. The van der Waals surface area contributed by atoms with Gasteiger partial charge in [-0.05, 0) is 73.5 Å². The summed E-state index contributed by atoms with van der Waals surface area (Å²) in [6.45, 7) is 2.16. The summed E-state index contributed by atoms with van der Waals surface area (Å²) in [4.78, 5) is 11.0. The van der Waals surface area contributed by atoms with Crippen LogP contribution in [0.4, 0.5) is 5.69 Å². The second-order valence-corrected chi connectivity index (χ2v) is 8.24. The van der Waals surface area contributed by atoms with Gasteiger partial charge in [0.2, 0.25) is 6.41 Å². The second kappa shape index (κ2) is 5.51. The molecule has 0 heterocycles. The van der Waals surface area contributed by atoms with E-state index in [-0.39, 0.29) is 11.2 Å². The highest BCUT2D eigenvalue weighted by molar-refractivity contribution is 5.76. The quantitative estimate of drug-likeness (QED) is 0.572. The number of aliphatic hydroxyl groups is 1. The van der Waals surface area contributed by atoms with Crippen molar-refractivity contribution in [2.75, 3.05) is 5.32 Å². The number of rotatable bonds is 2. The molecule has 0 bridgehead atoms. The molecule has 5 atom stereocenters. The van der Waals surface area contributed by atoms with E-state index in [2.05, 4.69) is 18.2 Å². The Bertz CT molecular complexity index is 767. The lowest BCUT2D eigenvalue weighted by Crippen LogP contribution is -2.50. The first-order valence-corrected chi connectivity index (χ1v) is 9.19. The van der Waals surface area contributed by atoms with Crippen LogP contribution in [-0.2, 0) is 11.2 Å². The Hall–Kier alpha value is -1.99. The average molecular weight is 339 g/mol. The van der Waals surface area contributed by atoms with Gasteiger partial charge in [0, 0.05) is 17.2 Å². The maximum absolute atomic E-state index is 11.0. The molecule has 3 N–H and O–H groups in total. The lowest BCUT2D eigenvalue weighted by Gasteiger charge is -2.52. The van der Waals surface area contributed by atoms with Crippen LogP contribution in [-0.4, -0.2) is 22.2 Å². The number of amides is 1. The maximum atomic E-state index is 11.0. The van der Waals surface area contributed by atoms with Gasteiger partial charge in [-0.25, -0.2) is 0 Å². The fourth-order valence-electron chi connectivity index (χ4n) is 6.15. The highest BCUT2D eigenvalue weighted by Crippen LogP contribution is 2.64. The number of benzene rings is 1. The van der Waals surface area contributed by atoms with E-state index in [4.69, 9.17) is 6.42 Å². The molecule has 25 heavy (non-hydrogen) atoms. The molecular weight excluding hydrogens is 314 g/mol. The molecule has 4 rings (SSSR count). The number of hydrogen-bond donors (Lipinski definition) is 3. The normalized spacial score (nSPS) is 38.8. The first-order chi connectivity index (χ1) is 11.9. The van der Waals surface area contributed by atoms with Crippen LogP contribution in [0, 0.1) is 29.6 Å². The predicted molar refractivity (Wildman–Crippen MR) is 96.2 cm³/mol. The van der Waals surface area contributed by atoms with E-state index in [0.717, 1.165) is 43.4 Å². The minimum absolute atomic E-state index is 0.199. The van der Waals surface area contributed by atoms with Crippen LogP contribution in [0.1, 0.15) is 56.1 Å².